The van der Waals surface area contributed by atoms with Crippen molar-refractivity contribution in [1.29, 1.82) is 0 Å². The normalized spacial score (nSPS) is 10.1. The minimum absolute atomic E-state index is 0.266. The highest BCUT2D eigenvalue weighted by Gasteiger charge is 2.24. The van der Waals surface area contributed by atoms with Crippen LogP contribution in [0, 0.1) is 5.82 Å². The zero-order chi connectivity index (χ0) is 14.4. The second-order valence-electron chi connectivity index (χ2n) is 3.94. The van der Waals surface area contributed by atoms with E-state index in [1.165, 1.54) is 19.2 Å². The number of hydrogen-bond donors (Lipinski definition) is 1. The largest absolute Gasteiger partial charge is 0.507 e. The van der Waals surface area contributed by atoms with Crippen molar-refractivity contribution >= 4 is 11.9 Å². The second kappa shape index (κ2) is 6.72. The Hall–Kier alpha value is -2.11. The molecule has 19 heavy (non-hydrogen) atoms. The van der Waals surface area contributed by atoms with Gasteiger partial charge in [-0.15, -0.1) is 0 Å². The van der Waals surface area contributed by atoms with Crippen molar-refractivity contribution in [3.05, 3.63) is 29.6 Å². The minimum atomic E-state index is -0.823. The summed E-state index contributed by atoms with van der Waals surface area (Å²) in [5.41, 5.74) is -0.431. The number of esters is 1. The van der Waals surface area contributed by atoms with Gasteiger partial charge in [0.15, 0.2) is 0 Å². The highest BCUT2D eigenvalue weighted by Crippen LogP contribution is 2.21. The van der Waals surface area contributed by atoms with Gasteiger partial charge in [0, 0.05) is 6.54 Å². The Bertz CT molecular complexity index is 455. The van der Waals surface area contributed by atoms with E-state index in [1.54, 1.807) is 0 Å². The van der Waals surface area contributed by atoms with Gasteiger partial charge in [0.25, 0.3) is 5.91 Å². The lowest BCUT2D eigenvalue weighted by atomic mass is 10.1. The Morgan fingerprint density at radius 1 is 1.42 bits per heavy atom. The Morgan fingerprint density at radius 2 is 2.11 bits per heavy atom. The summed E-state index contributed by atoms with van der Waals surface area (Å²) in [6, 6.07) is 3.60. The number of amides is 1. The summed E-state index contributed by atoms with van der Waals surface area (Å²) in [5, 5.41) is 9.57. The van der Waals surface area contributed by atoms with Gasteiger partial charge < -0.3 is 14.7 Å². The van der Waals surface area contributed by atoms with Crippen molar-refractivity contribution in [3.63, 3.8) is 0 Å². The van der Waals surface area contributed by atoms with Crippen LogP contribution in [0.2, 0.25) is 0 Å². The van der Waals surface area contributed by atoms with E-state index in [0.29, 0.717) is 6.42 Å². The first-order chi connectivity index (χ1) is 9.01. The van der Waals surface area contributed by atoms with Crippen LogP contribution in [0.3, 0.4) is 0 Å². The Balaban J connectivity index is 3.02. The zero-order valence-electron chi connectivity index (χ0n) is 10.9. The van der Waals surface area contributed by atoms with E-state index in [9.17, 15) is 19.1 Å². The lowest BCUT2D eigenvalue weighted by Crippen LogP contribution is -2.37. The van der Waals surface area contributed by atoms with Crippen LogP contribution in [0.25, 0.3) is 0 Å². The predicted octanol–water partition coefficient (Wildman–Crippen LogP) is 1.56. The molecule has 1 rings (SSSR count). The fourth-order valence-electron chi connectivity index (χ4n) is 1.63. The minimum Gasteiger partial charge on any atom is -0.507 e. The first-order valence-electron chi connectivity index (χ1n) is 5.84. The molecule has 1 amide bonds. The maximum Gasteiger partial charge on any atom is 0.325 e. The molecule has 104 valence electrons. The van der Waals surface area contributed by atoms with Crippen LogP contribution >= 0.6 is 0 Å². The topological polar surface area (TPSA) is 66.8 Å². The number of nitrogens with zero attached hydrogens (tertiary/aromatic N) is 1. The van der Waals surface area contributed by atoms with Crippen LogP contribution in [0.5, 0.6) is 5.75 Å². The third-order valence-corrected chi connectivity index (χ3v) is 2.53. The molecule has 0 heterocycles. The molecule has 1 aromatic rings. The maximum absolute atomic E-state index is 13.6. The highest BCUT2D eigenvalue weighted by molar-refractivity contribution is 5.98. The lowest BCUT2D eigenvalue weighted by molar-refractivity contribution is -0.141. The van der Waals surface area contributed by atoms with Crippen LogP contribution < -0.4 is 0 Å². The molecular weight excluding hydrogens is 253 g/mol. The van der Waals surface area contributed by atoms with Crippen molar-refractivity contribution in [2.24, 2.45) is 0 Å². The number of hydrogen-bond acceptors (Lipinski definition) is 4. The number of phenolic OH excluding ortho intramolecular Hbond substituents is 1. The van der Waals surface area contributed by atoms with Gasteiger partial charge in [0.05, 0.1) is 7.11 Å². The SMILES string of the molecule is CCCN(CC(=O)OC)C(=O)c1c(O)cccc1F. The van der Waals surface area contributed by atoms with Crippen molar-refractivity contribution in [2.75, 3.05) is 20.2 Å². The smallest absolute Gasteiger partial charge is 0.325 e. The van der Waals surface area contributed by atoms with Crippen molar-refractivity contribution in [3.8, 4) is 5.75 Å². The summed E-state index contributed by atoms with van der Waals surface area (Å²) in [5.74, 6) is -2.60. The average Bonchev–Trinajstić information content (AvgIpc) is 2.37. The van der Waals surface area contributed by atoms with E-state index in [2.05, 4.69) is 4.74 Å². The quantitative estimate of drug-likeness (QED) is 0.824. The van der Waals surface area contributed by atoms with Crippen molar-refractivity contribution in [2.45, 2.75) is 13.3 Å². The molecule has 0 aromatic heterocycles. The first-order valence-corrected chi connectivity index (χ1v) is 5.84. The molecule has 0 bridgehead atoms. The zero-order valence-corrected chi connectivity index (χ0v) is 10.9. The molecule has 0 aliphatic carbocycles. The monoisotopic (exact) mass is 269 g/mol. The van der Waals surface area contributed by atoms with E-state index in [4.69, 9.17) is 0 Å². The number of rotatable bonds is 5. The first kappa shape index (κ1) is 14.9. The van der Waals surface area contributed by atoms with Crippen LogP contribution in [0.15, 0.2) is 18.2 Å². The molecular formula is C13H16FNO4. The molecule has 0 atom stereocenters. The summed E-state index contributed by atoms with van der Waals surface area (Å²) in [7, 11) is 1.21. The highest BCUT2D eigenvalue weighted by atomic mass is 19.1. The van der Waals surface area contributed by atoms with E-state index >= 15 is 0 Å². The molecule has 1 N–H and O–H groups in total. The molecule has 0 spiro atoms. The molecule has 5 nitrogen and oxygen atoms in total. The fraction of sp³-hybridized carbons (Fsp3) is 0.385. The van der Waals surface area contributed by atoms with E-state index in [1.807, 2.05) is 6.92 Å². The Labute approximate surface area is 110 Å². The van der Waals surface area contributed by atoms with Gasteiger partial charge in [0.1, 0.15) is 23.7 Å². The summed E-state index contributed by atoms with van der Waals surface area (Å²) >= 11 is 0. The van der Waals surface area contributed by atoms with E-state index < -0.39 is 29.0 Å². The molecule has 0 fully saturated rings. The number of ether oxygens (including phenoxy) is 1. The molecule has 0 saturated heterocycles. The molecule has 0 aliphatic heterocycles. The third-order valence-electron chi connectivity index (χ3n) is 2.53. The van der Waals surface area contributed by atoms with Gasteiger partial charge in [-0.25, -0.2) is 4.39 Å². The molecule has 0 unspecified atom stereocenters. The lowest BCUT2D eigenvalue weighted by Gasteiger charge is -2.21. The third kappa shape index (κ3) is 3.67. The Kier molecular flexibility index (Phi) is 5.29. The average molecular weight is 269 g/mol. The van der Waals surface area contributed by atoms with E-state index in [-0.39, 0.29) is 13.1 Å². The molecule has 0 aliphatic rings. The van der Waals surface area contributed by atoms with Crippen LogP contribution in [0.1, 0.15) is 23.7 Å². The standard InChI is InChI=1S/C13H16FNO4/c1-3-7-15(8-11(17)19-2)13(18)12-9(14)5-4-6-10(12)16/h4-6,16H,3,7-8H2,1-2H3. The molecule has 0 saturated carbocycles. The van der Waals surface area contributed by atoms with Gasteiger partial charge >= 0.3 is 5.97 Å². The van der Waals surface area contributed by atoms with Crippen molar-refractivity contribution in [1.82, 2.24) is 4.90 Å². The summed E-state index contributed by atoms with van der Waals surface area (Å²) in [6.45, 7) is 1.80. The van der Waals surface area contributed by atoms with Crippen LogP contribution in [0.4, 0.5) is 4.39 Å². The molecule has 1 aromatic carbocycles. The van der Waals surface area contributed by atoms with E-state index in [0.717, 1.165) is 11.0 Å². The van der Waals surface area contributed by atoms with Gasteiger partial charge in [0.2, 0.25) is 0 Å². The molecule has 0 radical (unpaired) electrons. The number of carbonyl (C=O) groups excluding carboxylic acids is 2. The van der Waals surface area contributed by atoms with Gasteiger partial charge in [-0.3, -0.25) is 9.59 Å². The van der Waals surface area contributed by atoms with Crippen LogP contribution in [-0.2, 0) is 9.53 Å². The second-order valence-corrected chi connectivity index (χ2v) is 3.94. The van der Waals surface area contributed by atoms with Crippen LogP contribution in [-0.4, -0.2) is 42.1 Å². The summed E-state index contributed by atoms with van der Waals surface area (Å²) in [4.78, 5) is 24.5. The number of halogens is 1. The number of aromatic hydroxyl groups is 1. The molecule has 6 heteroatoms. The maximum atomic E-state index is 13.6. The number of methoxy groups -OCH3 is 1. The summed E-state index contributed by atoms with van der Waals surface area (Å²) < 4.78 is 18.1. The van der Waals surface area contributed by atoms with Crippen molar-refractivity contribution < 1.29 is 23.8 Å². The predicted molar refractivity (Wildman–Crippen MR) is 66.3 cm³/mol. The number of benzene rings is 1. The number of phenols is 1. The summed E-state index contributed by atoms with van der Waals surface area (Å²) in [6.07, 6.45) is 0.595. The van der Waals surface area contributed by atoms with Gasteiger partial charge in [-0.1, -0.05) is 13.0 Å². The number of carbonyl (C=O) groups is 2. The van der Waals surface area contributed by atoms with Gasteiger partial charge in [-0.2, -0.15) is 0 Å². The Morgan fingerprint density at radius 3 is 2.63 bits per heavy atom. The van der Waals surface area contributed by atoms with Gasteiger partial charge in [-0.05, 0) is 18.6 Å². The fourth-order valence-corrected chi connectivity index (χ4v) is 1.63.